The average Bonchev–Trinajstić information content (AvgIpc) is 2.78. The van der Waals surface area contributed by atoms with Crippen LogP contribution in [0.2, 0.25) is 0 Å². The zero-order chi connectivity index (χ0) is 13.8. The number of halogens is 1. The van der Waals surface area contributed by atoms with Gasteiger partial charge in [-0.25, -0.2) is 4.39 Å². The van der Waals surface area contributed by atoms with E-state index in [9.17, 15) is 14.3 Å². The maximum atomic E-state index is 13.4. The van der Waals surface area contributed by atoms with Crippen LogP contribution in [0.15, 0.2) is 24.3 Å². The van der Waals surface area contributed by atoms with E-state index in [0.717, 1.165) is 19.5 Å². The molecule has 0 saturated carbocycles. The van der Waals surface area contributed by atoms with Crippen molar-refractivity contribution in [2.75, 3.05) is 26.7 Å². The minimum Gasteiger partial charge on any atom is -0.490 e. The first-order valence-corrected chi connectivity index (χ1v) is 6.36. The number of hydrogen-bond donors (Lipinski definition) is 1. The summed E-state index contributed by atoms with van der Waals surface area (Å²) in [6, 6.07) is 6.05. The van der Waals surface area contributed by atoms with Gasteiger partial charge >= 0.3 is 5.97 Å². The molecule has 2 rings (SSSR count). The number of likely N-dealkylation sites (tertiary alicyclic amines) is 1. The lowest BCUT2D eigenvalue weighted by atomic mass is 9.92. The largest absolute Gasteiger partial charge is 0.490 e. The molecule has 0 bridgehead atoms. The molecule has 1 N–H and O–H groups in total. The molecular formula is C14H18FNO3. The van der Waals surface area contributed by atoms with Gasteiger partial charge in [0.2, 0.25) is 0 Å². The van der Waals surface area contributed by atoms with Crippen molar-refractivity contribution >= 4 is 5.97 Å². The molecule has 1 saturated heterocycles. The van der Waals surface area contributed by atoms with Gasteiger partial charge < -0.3 is 14.7 Å². The summed E-state index contributed by atoms with van der Waals surface area (Å²) in [6.45, 7) is 1.65. The SMILES string of the molecule is CN1CCC(C(COc2ccccc2F)C(=O)O)C1. The first kappa shape index (κ1) is 13.8. The van der Waals surface area contributed by atoms with Gasteiger partial charge in [-0.15, -0.1) is 0 Å². The van der Waals surface area contributed by atoms with Gasteiger partial charge in [0.25, 0.3) is 0 Å². The first-order valence-electron chi connectivity index (χ1n) is 6.36. The number of carbonyl (C=O) groups is 1. The van der Waals surface area contributed by atoms with Gasteiger partial charge in [-0.1, -0.05) is 12.1 Å². The van der Waals surface area contributed by atoms with E-state index >= 15 is 0 Å². The van der Waals surface area contributed by atoms with E-state index in [0.29, 0.717) is 0 Å². The molecule has 1 aliphatic heterocycles. The third kappa shape index (κ3) is 3.44. The highest BCUT2D eigenvalue weighted by atomic mass is 19.1. The first-order chi connectivity index (χ1) is 9.08. The second kappa shape index (κ2) is 6.02. The fourth-order valence-electron chi connectivity index (χ4n) is 2.45. The Balaban J connectivity index is 1.98. The maximum absolute atomic E-state index is 13.4. The van der Waals surface area contributed by atoms with Crippen LogP contribution in [0.5, 0.6) is 5.75 Å². The molecule has 1 fully saturated rings. The number of carboxylic acid groups (broad SMARTS) is 1. The molecule has 5 heteroatoms. The van der Waals surface area contributed by atoms with Gasteiger partial charge in [0, 0.05) is 6.54 Å². The lowest BCUT2D eigenvalue weighted by Crippen LogP contribution is -2.31. The molecule has 0 aromatic heterocycles. The van der Waals surface area contributed by atoms with E-state index in [4.69, 9.17) is 4.74 Å². The summed E-state index contributed by atoms with van der Waals surface area (Å²) in [5.74, 6) is -1.76. The Morgan fingerprint density at radius 3 is 2.89 bits per heavy atom. The quantitative estimate of drug-likeness (QED) is 0.884. The van der Waals surface area contributed by atoms with Crippen LogP contribution in [0.1, 0.15) is 6.42 Å². The molecule has 0 radical (unpaired) electrons. The Morgan fingerprint density at radius 1 is 1.58 bits per heavy atom. The lowest BCUT2D eigenvalue weighted by molar-refractivity contribution is -0.144. The molecule has 1 aromatic carbocycles. The number of para-hydroxylation sites is 1. The molecular weight excluding hydrogens is 249 g/mol. The Labute approximate surface area is 111 Å². The van der Waals surface area contributed by atoms with Crippen LogP contribution in [0.25, 0.3) is 0 Å². The zero-order valence-corrected chi connectivity index (χ0v) is 10.9. The van der Waals surface area contributed by atoms with Crippen molar-refractivity contribution in [3.63, 3.8) is 0 Å². The Hall–Kier alpha value is -1.62. The van der Waals surface area contributed by atoms with Gasteiger partial charge in [0.1, 0.15) is 6.61 Å². The standard InChI is InChI=1S/C14H18FNO3/c1-16-7-6-10(8-16)11(14(17)18)9-19-13-5-3-2-4-12(13)15/h2-5,10-11H,6-9H2,1H3,(H,17,18). The Kier molecular flexibility index (Phi) is 4.37. The Morgan fingerprint density at radius 2 is 2.32 bits per heavy atom. The molecule has 4 nitrogen and oxygen atoms in total. The second-order valence-corrected chi connectivity index (χ2v) is 5.00. The van der Waals surface area contributed by atoms with Gasteiger partial charge in [0.05, 0.1) is 5.92 Å². The fourth-order valence-corrected chi connectivity index (χ4v) is 2.45. The van der Waals surface area contributed by atoms with E-state index < -0.39 is 17.7 Å². The molecule has 1 heterocycles. The number of aliphatic carboxylic acids is 1. The van der Waals surface area contributed by atoms with E-state index in [1.807, 2.05) is 7.05 Å². The number of ether oxygens (including phenoxy) is 1. The predicted molar refractivity (Wildman–Crippen MR) is 68.6 cm³/mol. The second-order valence-electron chi connectivity index (χ2n) is 5.00. The summed E-state index contributed by atoms with van der Waals surface area (Å²) < 4.78 is 18.7. The number of carboxylic acids is 1. The molecule has 1 aliphatic rings. The highest BCUT2D eigenvalue weighted by Gasteiger charge is 2.33. The van der Waals surface area contributed by atoms with Crippen LogP contribution in [0, 0.1) is 17.7 Å². The topological polar surface area (TPSA) is 49.8 Å². The molecule has 104 valence electrons. The van der Waals surface area contributed by atoms with Crippen molar-refractivity contribution < 1.29 is 19.0 Å². The van der Waals surface area contributed by atoms with Gasteiger partial charge in [-0.2, -0.15) is 0 Å². The molecule has 2 unspecified atom stereocenters. The Bertz CT molecular complexity index is 452. The van der Waals surface area contributed by atoms with Crippen LogP contribution in [0.4, 0.5) is 4.39 Å². The zero-order valence-electron chi connectivity index (χ0n) is 10.9. The highest BCUT2D eigenvalue weighted by molar-refractivity contribution is 5.70. The van der Waals surface area contributed by atoms with Crippen LogP contribution < -0.4 is 4.74 Å². The molecule has 19 heavy (non-hydrogen) atoms. The third-order valence-electron chi connectivity index (χ3n) is 3.57. The van der Waals surface area contributed by atoms with E-state index in [2.05, 4.69) is 4.90 Å². The smallest absolute Gasteiger partial charge is 0.310 e. The van der Waals surface area contributed by atoms with E-state index in [1.165, 1.54) is 12.1 Å². The summed E-state index contributed by atoms with van der Waals surface area (Å²) in [6.07, 6.45) is 0.841. The molecule has 0 spiro atoms. The maximum Gasteiger partial charge on any atom is 0.310 e. The monoisotopic (exact) mass is 267 g/mol. The van der Waals surface area contributed by atoms with E-state index in [1.54, 1.807) is 12.1 Å². The number of nitrogens with zero attached hydrogens (tertiary/aromatic N) is 1. The summed E-state index contributed by atoms with van der Waals surface area (Å²) >= 11 is 0. The molecule has 0 aliphatic carbocycles. The van der Waals surface area contributed by atoms with Crippen LogP contribution in [0.3, 0.4) is 0 Å². The van der Waals surface area contributed by atoms with E-state index in [-0.39, 0.29) is 18.3 Å². The third-order valence-corrected chi connectivity index (χ3v) is 3.57. The van der Waals surface area contributed by atoms with Crippen LogP contribution in [-0.2, 0) is 4.79 Å². The normalized spacial score (nSPS) is 21.3. The van der Waals surface area contributed by atoms with Crippen molar-refractivity contribution in [1.82, 2.24) is 4.90 Å². The number of hydrogen-bond acceptors (Lipinski definition) is 3. The average molecular weight is 267 g/mol. The van der Waals surface area contributed by atoms with Crippen LogP contribution >= 0.6 is 0 Å². The van der Waals surface area contributed by atoms with Crippen LogP contribution in [-0.4, -0.2) is 42.7 Å². The molecule has 1 aromatic rings. The highest BCUT2D eigenvalue weighted by Crippen LogP contribution is 2.25. The van der Waals surface area contributed by atoms with Gasteiger partial charge in [0.15, 0.2) is 11.6 Å². The van der Waals surface area contributed by atoms with Crippen molar-refractivity contribution in [3.05, 3.63) is 30.1 Å². The van der Waals surface area contributed by atoms with Crippen molar-refractivity contribution in [1.29, 1.82) is 0 Å². The lowest BCUT2D eigenvalue weighted by Gasteiger charge is -2.20. The van der Waals surface area contributed by atoms with Gasteiger partial charge in [-0.05, 0) is 38.1 Å². The summed E-state index contributed by atoms with van der Waals surface area (Å²) in [4.78, 5) is 13.4. The minimum atomic E-state index is -0.878. The van der Waals surface area contributed by atoms with Crippen molar-refractivity contribution in [2.24, 2.45) is 11.8 Å². The summed E-state index contributed by atoms with van der Waals surface area (Å²) in [5.41, 5.74) is 0. The predicted octanol–water partition coefficient (Wildman–Crippen LogP) is 1.86. The number of benzene rings is 1. The minimum absolute atomic E-state index is 0.00870. The summed E-state index contributed by atoms with van der Waals surface area (Å²) in [7, 11) is 1.97. The fraction of sp³-hybridized carbons (Fsp3) is 0.500. The van der Waals surface area contributed by atoms with Gasteiger partial charge in [-0.3, -0.25) is 4.79 Å². The number of rotatable bonds is 5. The van der Waals surface area contributed by atoms with Crippen molar-refractivity contribution in [3.8, 4) is 5.75 Å². The molecule has 0 amide bonds. The summed E-state index contributed by atoms with van der Waals surface area (Å²) in [5, 5.41) is 9.27. The van der Waals surface area contributed by atoms with Crippen molar-refractivity contribution in [2.45, 2.75) is 6.42 Å². The molecule has 2 atom stereocenters.